The maximum Gasteiger partial charge on any atom is 0.259 e. The molecule has 3 heterocycles. The van der Waals surface area contributed by atoms with Crippen molar-refractivity contribution in [3.63, 3.8) is 0 Å². The molecule has 2 aromatic rings. The van der Waals surface area contributed by atoms with Gasteiger partial charge in [-0.05, 0) is 65.6 Å². The number of carbonyl (C=O) groups is 1. The summed E-state index contributed by atoms with van der Waals surface area (Å²) >= 11 is 0. The van der Waals surface area contributed by atoms with Gasteiger partial charge in [0.15, 0.2) is 5.65 Å². The lowest BCUT2D eigenvalue weighted by molar-refractivity contribution is 0.0688. The minimum atomic E-state index is 0. The predicted octanol–water partition coefficient (Wildman–Crippen LogP) is 2.54. The highest BCUT2D eigenvalue weighted by atomic mass is 35.5. The third kappa shape index (κ3) is 3.96. The Kier molecular flexibility index (Phi) is 6.41. The lowest BCUT2D eigenvalue weighted by atomic mass is 9.93. The third-order valence-electron chi connectivity index (χ3n) is 4.99. The molecule has 0 aliphatic carbocycles. The first-order valence-electron chi connectivity index (χ1n) is 8.78. The summed E-state index contributed by atoms with van der Waals surface area (Å²) in [6, 6.07) is 1.99. The number of nitrogens with one attached hydrogen (secondary N) is 1. The summed E-state index contributed by atoms with van der Waals surface area (Å²) in [7, 11) is 1.99. The first kappa shape index (κ1) is 19.7. The number of rotatable bonds is 4. The predicted molar refractivity (Wildman–Crippen MR) is 102 cm³/mol. The lowest BCUT2D eigenvalue weighted by Gasteiger charge is -2.32. The van der Waals surface area contributed by atoms with Crippen LogP contribution >= 0.6 is 12.4 Å². The van der Waals surface area contributed by atoms with Gasteiger partial charge in [0.05, 0.1) is 5.69 Å². The van der Waals surface area contributed by atoms with Crippen LogP contribution in [0.1, 0.15) is 46.7 Å². The van der Waals surface area contributed by atoms with Gasteiger partial charge in [-0.25, -0.2) is 9.50 Å². The van der Waals surface area contributed by atoms with Crippen molar-refractivity contribution in [3.8, 4) is 0 Å². The van der Waals surface area contributed by atoms with E-state index in [1.165, 1.54) is 6.42 Å². The fourth-order valence-corrected chi connectivity index (χ4v) is 3.61. The summed E-state index contributed by atoms with van der Waals surface area (Å²) in [5, 5.41) is 7.73. The molecule has 7 heteroatoms. The van der Waals surface area contributed by atoms with Gasteiger partial charge in [-0.3, -0.25) is 4.79 Å². The fourth-order valence-electron chi connectivity index (χ4n) is 3.61. The van der Waals surface area contributed by atoms with Crippen LogP contribution in [0.2, 0.25) is 0 Å². The van der Waals surface area contributed by atoms with Gasteiger partial charge in [-0.15, -0.1) is 12.4 Å². The fraction of sp³-hybridized carbons (Fsp3) is 0.611. The largest absolute Gasteiger partial charge is 0.338 e. The number of aryl methyl sites for hydroxylation is 3. The summed E-state index contributed by atoms with van der Waals surface area (Å²) in [6.07, 6.45) is 3.35. The molecule has 0 aromatic carbocycles. The van der Waals surface area contributed by atoms with Crippen LogP contribution in [0, 0.1) is 26.7 Å². The summed E-state index contributed by atoms with van der Waals surface area (Å²) in [5.41, 5.74) is 4.03. The van der Waals surface area contributed by atoms with Crippen LogP contribution in [-0.2, 0) is 0 Å². The number of fused-ring (bicyclic) bond motifs is 1. The van der Waals surface area contributed by atoms with E-state index in [-0.39, 0.29) is 18.3 Å². The van der Waals surface area contributed by atoms with E-state index >= 15 is 0 Å². The topological polar surface area (TPSA) is 62.5 Å². The van der Waals surface area contributed by atoms with Crippen LogP contribution in [0.3, 0.4) is 0 Å². The van der Waals surface area contributed by atoms with E-state index in [9.17, 15) is 4.79 Å². The Bertz CT molecular complexity index is 749. The van der Waals surface area contributed by atoms with E-state index in [0.717, 1.165) is 49.6 Å². The molecule has 1 aliphatic heterocycles. The van der Waals surface area contributed by atoms with Crippen molar-refractivity contribution < 1.29 is 4.79 Å². The first-order chi connectivity index (χ1) is 11.5. The first-order valence-corrected chi connectivity index (χ1v) is 8.78. The average Bonchev–Trinajstić information content (AvgIpc) is 2.89. The van der Waals surface area contributed by atoms with Crippen molar-refractivity contribution >= 4 is 24.0 Å². The lowest BCUT2D eigenvalue weighted by Crippen LogP contribution is -2.39. The molecule has 1 N–H and O–H groups in total. The summed E-state index contributed by atoms with van der Waals surface area (Å²) in [6.45, 7) is 8.56. The smallest absolute Gasteiger partial charge is 0.259 e. The van der Waals surface area contributed by atoms with Gasteiger partial charge < -0.3 is 10.2 Å². The molecular formula is C18H28ClN5O. The number of hydrogen-bond donors (Lipinski definition) is 1. The number of piperidine rings is 1. The highest BCUT2D eigenvalue weighted by Crippen LogP contribution is 2.24. The van der Waals surface area contributed by atoms with Gasteiger partial charge in [0.1, 0.15) is 5.56 Å². The number of nitrogens with zero attached hydrogens (tertiary/aromatic N) is 4. The van der Waals surface area contributed by atoms with Gasteiger partial charge in [-0.1, -0.05) is 0 Å². The van der Waals surface area contributed by atoms with Crippen molar-refractivity contribution in [1.29, 1.82) is 0 Å². The molecule has 2 aromatic heterocycles. The van der Waals surface area contributed by atoms with Gasteiger partial charge in [0, 0.05) is 24.5 Å². The van der Waals surface area contributed by atoms with Crippen molar-refractivity contribution in [2.45, 2.75) is 40.0 Å². The number of carbonyl (C=O) groups excluding carboxylic acids is 1. The number of amides is 1. The van der Waals surface area contributed by atoms with Gasteiger partial charge >= 0.3 is 0 Å². The van der Waals surface area contributed by atoms with Crippen molar-refractivity contribution in [2.24, 2.45) is 5.92 Å². The van der Waals surface area contributed by atoms with E-state index in [4.69, 9.17) is 0 Å². The summed E-state index contributed by atoms with van der Waals surface area (Å²) in [4.78, 5) is 19.6. The minimum Gasteiger partial charge on any atom is -0.338 e. The molecule has 3 rings (SSSR count). The Labute approximate surface area is 155 Å². The summed E-state index contributed by atoms with van der Waals surface area (Å²) < 4.78 is 1.79. The quantitative estimate of drug-likeness (QED) is 0.904. The Morgan fingerprint density at radius 3 is 2.60 bits per heavy atom. The van der Waals surface area contributed by atoms with E-state index in [2.05, 4.69) is 15.4 Å². The molecule has 0 unspecified atom stereocenters. The molecule has 0 spiro atoms. The standard InChI is InChI=1S/C18H27N5O.ClH/c1-12-11-13(2)23-17(20-12)16(14(3)21-23)18(24)22-9-6-15(7-10-22)5-8-19-4;/h11,15,19H,5-10H2,1-4H3;1H. The van der Waals surface area contributed by atoms with Crippen molar-refractivity contribution in [2.75, 3.05) is 26.7 Å². The molecule has 0 atom stereocenters. The van der Waals surface area contributed by atoms with Crippen LogP contribution in [0.25, 0.3) is 5.65 Å². The molecule has 1 saturated heterocycles. The molecule has 0 saturated carbocycles. The van der Waals surface area contributed by atoms with Crippen LogP contribution in [0.15, 0.2) is 6.07 Å². The van der Waals surface area contributed by atoms with Gasteiger partial charge in [0.25, 0.3) is 5.91 Å². The molecule has 1 aliphatic rings. The van der Waals surface area contributed by atoms with Crippen LogP contribution in [0.5, 0.6) is 0 Å². The molecule has 0 bridgehead atoms. The summed E-state index contributed by atoms with van der Waals surface area (Å²) in [5.74, 6) is 0.793. The number of halogens is 1. The number of aromatic nitrogens is 3. The molecule has 1 amide bonds. The maximum atomic E-state index is 13.1. The molecule has 1 fully saturated rings. The highest BCUT2D eigenvalue weighted by Gasteiger charge is 2.28. The second kappa shape index (κ2) is 8.15. The molecule has 138 valence electrons. The second-order valence-electron chi connectivity index (χ2n) is 6.86. The van der Waals surface area contributed by atoms with E-state index in [1.54, 1.807) is 4.52 Å². The normalized spacial score (nSPS) is 15.4. The second-order valence-corrected chi connectivity index (χ2v) is 6.86. The molecular weight excluding hydrogens is 338 g/mol. The highest BCUT2D eigenvalue weighted by molar-refractivity contribution is 6.01. The van der Waals surface area contributed by atoms with Crippen molar-refractivity contribution in [1.82, 2.24) is 24.8 Å². The Morgan fingerprint density at radius 2 is 1.96 bits per heavy atom. The molecule has 25 heavy (non-hydrogen) atoms. The molecule has 6 nitrogen and oxygen atoms in total. The Hall–Kier alpha value is -1.66. The zero-order valence-electron chi connectivity index (χ0n) is 15.5. The Balaban J connectivity index is 0.00000225. The van der Waals surface area contributed by atoms with E-state index < -0.39 is 0 Å². The van der Waals surface area contributed by atoms with Crippen LogP contribution < -0.4 is 5.32 Å². The van der Waals surface area contributed by atoms with E-state index in [1.807, 2.05) is 38.8 Å². The van der Waals surface area contributed by atoms with Gasteiger partial charge in [0.2, 0.25) is 0 Å². The molecule has 0 radical (unpaired) electrons. The number of hydrogen-bond acceptors (Lipinski definition) is 4. The Morgan fingerprint density at radius 1 is 1.28 bits per heavy atom. The number of likely N-dealkylation sites (tertiary alicyclic amines) is 1. The van der Waals surface area contributed by atoms with E-state index in [0.29, 0.717) is 17.1 Å². The van der Waals surface area contributed by atoms with Crippen molar-refractivity contribution in [3.05, 3.63) is 28.7 Å². The van der Waals surface area contributed by atoms with Crippen LogP contribution in [0.4, 0.5) is 0 Å². The van der Waals surface area contributed by atoms with Gasteiger partial charge in [-0.2, -0.15) is 5.10 Å². The zero-order chi connectivity index (χ0) is 17.3. The van der Waals surface area contributed by atoms with Crippen LogP contribution in [-0.4, -0.2) is 52.1 Å². The average molecular weight is 366 g/mol. The minimum absolute atomic E-state index is 0. The SMILES string of the molecule is CNCCC1CCN(C(=O)c2c(C)nn3c(C)cc(C)nc23)CC1.Cl. The zero-order valence-corrected chi connectivity index (χ0v) is 16.3. The maximum absolute atomic E-state index is 13.1. The monoisotopic (exact) mass is 365 g/mol. The third-order valence-corrected chi connectivity index (χ3v) is 4.99.